The van der Waals surface area contributed by atoms with Crippen molar-refractivity contribution in [3.05, 3.63) is 0 Å². The Kier molecular flexibility index (Phi) is 4.67. The van der Waals surface area contributed by atoms with Gasteiger partial charge in [-0.3, -0.25) is 0 Å². The fourth-order valence-corrected chi connectivity index (χ4v) is 4.11. The molecule has 2 nitrogen and oxygen atoms in total. The second-order valence-corrected chi connectivity index (χ2v) is 6.67. The molecule has 18 heavy (non-hydrogen) atoms. The van der Waals surface area contributed by atoms with E-state index in [0.717, 1.165) is 32.1 Å². The lowest BCUT2D eigenvalue weighted by Gasteiger charge is -2.41. The molecule has 0 aromatic heterocycles. The molecular weight excluding hydrogens is 222 g/mol. The van der Waals surface area contributed by atoms with E-state index in [9.17, 15) is 10.4 Å². The molecule has 0 aliphatic heterocycles. The molecule has 0 spiro atoms. The Labute approximate surface area is 111 Å². The standard InChI is InChI=1S/C16H27NO/c1-13-7-6-10-16(11-13,12-17)15(18)14-8-4-2-3-5-9-14/h13-15,18H,2-11H2,1H3. The highest BCUT2D eigenvalue weighted by Crippen LogP contribution is 2.45. The van der Waals surface area contributed by atoms with Gasteiger partial charge in [-0.25, -0.2) is 0 Å². The van der Waals surface area contributed by atoms with Gasteiger partial charge in [0.25, 0.3) is 0 Å². The molecule has 0 saturated heterocycles. The first-order chi connectivity index (χ1) is 8.68. The van der Waals surface area contributed by atoms with E-state index in [1.54, 1.807) is 0 Å². The van der Waals surface area contributed by atoms with E-state index in [1.165, 1.54) is 32.1 Å². The van der Waals surface area contributed by atoms with E-state index in [-0.39, 0.29) is 6.10 Å². The summed E-state index contributed by atoms with van der Waals surface area (Å²) in [6.45, 7) is 2.23. The van der Waals surface area contributed by atoms with Gasteiger partial charge in [0.15, 0.2) is 0 Å². The Hall–Kier alpha value is -0.550. The fourth-order valence-electron chi connectivity index (χ4n) is 4.11. The largest absolute Gasteiger partial charge is 0.391 e. The molecule has 3 atom stereocenters. The van der Waals surface area contributed by atoms with Crippen LogP contribution in [0.15, 0.2) is 0 Å². The van der Waals surface area contributed by atoms with E-state index in [2.05, 4.69) is 13.0 Å². The van der Waals surface area contributed by atoms with Crippen molar-refractivity contribution in [2.24, 2.45) is 17.3 Å². The van der Waals surface area contributed by atoms with Gasteiger partial charge in [0.1, 0.15) is 0 Å². The molecule has 0 aromatic rings. The SMILES string of the molecule is CC1CCCC(C#N)(C(O)C2CCCCCC2)C1. The Morgan fingerprint density at radius 1 is 1.11 bits per heavy atom. The first kappa shape index (κ1) is 13.9. The molecule has 2 aliphatic carbocycles. The van der Waals surface area contributed by atoms with Crippen LogP contribution in [-0.4, -0.2) is 11.2 Å². The number of hydrogen-bond donors (Lipinski definition) is 1. The van der Waals surface area contributed by atoms with Crippen LogP contribution in [0.5, 0.6) is 0 Å². The quantitative estimate of drug-likeness (QED) is 0.751. The Morgan fingerprint density at radius 2 is 1.78 bits per heavy atom. The zero-order chi connectivity index (χ0) is 13.0. The van der Waals surface area contributed by atoms with Crippen LogP contribution >= 0.6 is 0 Å². The number of aliphatic hydroxyl groups is 1. The summed E-state index contributed by atoms with van der Waals surface area (Å²) in [6.07, 6.45) is 11.1. The van der Waals surface area contributed by atoms with Gasteiger partial charge in [-0.2, -0.15) is 5.26 Å². The van der Waals surface area contributed by atoms with Crippen molar-refractivity contribution in [1.29, 1.82) is 5.26 Å². The van der Waals surface area contributed by atoms with Crippen molar-refractivity contribution in [3.63, 3.8) is 0 Å². The van der Waals surface area contributed by atoms with Gasteiger partial charge in [0.2, 0.25) is 0 Å². The van der Waals surface area contributed by atoms with Crippen molar-refractivity contribution in [1.82, 2.24) is 0 Å². The average Bonchev–Trinajstić information content (AvgIpc) is 2.66. The minimum absolute atomic E-state index is 0.373. The van der Waals surface area contributed by atoms with Gasteiger partial charge in [0, 0.05) is 0 Å². The summed E-state index contributed by atoms with van der Waals surface area (Å²) in [6, 6.07) is 2.52. The summed E-state index contributed by atoms with van der Waals surface area (Å²) in [5, 5.41) is 20.4. The van der Waals surface area contributed by atoms with Crippen LogP contribution in [0, 0.1) is 28.6 Å². The fraction of sp³-hybridized carbons (Fsp3) is 0.938. The smallest absolute Gasteiger partial charge is 0.0837 e. The van der Waals surface area contributed by atoms with Crippen molar-refractivity contribution in [2.45, 2.75) is 77.2 Å². The third-order valence-corrected chi connectivity index (χ3v) is 5.17. The first-order valence-corrected chi connectivity index (χ1v) is 7.77. The number of rotatable bonds is 2. The predicted molar refractivity (Wildman–Crippen MR) is 72.9 cm³/mol. The van der Waals surface area contributed by atoms with Gasteiger partial charge in [-0.1, -0.05) is 45.4 Å². The lowest BCUT2D eigenvalue weighted by Crippen LogP contribution is -2.42. The van der Waals surface area contributed by atoms with Crippen LogP contribution in [0.25, 0.3) is 0 Å². The van der Waals surface area contributed by atoms with Crippen molar-refractivity contribution in [3.8, 4) is 6.07 Å². The summed E-state index contributed by atoms with van der Waals surface area (Å²) in [5.74, 6) is 0.969. The lowest BCUT2D eigenvalue weighted by atomic mass is 9.64. The van der Waals surface area contributed by atoms with E-state index in [0.29, 0.717) is 11.8 Å². The monoisotopic (exact) mass is 249 g/mol. The van der Waals surface area contributed by atoms with Crippen LogP contribution in [-0.2, 0) is 0 Å². The van der Waals surface area contributed by atoms with Crippen LogP contribution < -0.4 is 0 Å². The van der Waals surface area contributed by atoms with Gasteiger partial charge >= 0.3 is 0 Å². The molecule has 2 rings (SSSR count). The molecule has 1 N–H and O–H groups in total. The molecule has 0 heterocycles. The number of hydrogen-bond acceptors (Lipinski definition) is 2. The topological polar surface area (TPSA) is 44.0 Å². The molecule has 2 saturated carbocycles. The Morgan fingerprint density at radius 3 is 2.33 bits per heavy atom. The molecule has 3 unspecified atom stereocenters. The van der Waals surface area contributed by atoms with Gasteiger partial charge in [-0.15, -0.1) is 0 Å². The van der Waals surface area contributed by atoms with Crippen molar-refractivity contribution < 1.29 is 5.11 Å². The average molecular weight is 249 g/mol. The molecule has 0 bridgehead atoms. The summed E-state index contributed by atoms with van der Waals surface area (Å²) in [7, 11) is 0. The maximum atomic E-state index is 10.8. The normalized spacial score (nSPS) is 36.6. The van der Waals surface area contributed by atoms with Gasteiger partial charge in [-0.05, 0) is 37.5 Å². The molecule has 0 aromatic carbocycles. The van der Waals surface area contributed by atoms with Crippen LogP contribution in [0.3, 0.4) is 0 Å². The maximum absolute atomic E-state index is 10.8. The van der Waals surface area contributed by atoms with E-state index in [1.807, 2.05) is 0 Å². The minimum Gasteiger partial charge on any atom is -0.391 e. The van der Waals surface area contributed by atoms with E-state index < -0.39 is 5.41 Å². The highest BCUT2D eigenvalue weighted by Gasteiger charge is 2.44. The van der Waals surface area contributed by atoms with Gasteiger partial charge < -0.3 is 5.11 Å². The number of aliphatic hydroxyl groups excluding tert-OH is 1. The second-order valence-electron chi connectivity index (χ2n) is 6.67. The highest BCUT2D eigenvalue weighted by atomic mass is 16.3. The Balaban J connectivity index is 2.08. The number of nitriles is 1. The second kappa shape index (κ2) is 6.06. The van der Waals surface area contributed by atoms with Crippen molar-refractivity contribution in [2.75, 3.05) is 0 Å². The third-order valence-electron chi connectivity index (χ3n) is 5.17. The molecule has 2 fully saturated rings. The summed E-state index contributed by atoms with van der Waals surface area (Å²) >= 11 is 0. The first-order valence-electron chi connectivity index (χ1n) is 7.77. The van der Waals surface area contributed by atoms with Crippen LogP contribution in [0.1, 0.15) is 71.1 Å². The summed E-state index contributed by atoms with van der Waals surface area (Å²) in [5.41, 5.74) is -0.438. The molecule has 2 aliphatic rings. The molecule has 0 amide bonds. The molecule has 2 heteroatoms. The van der Waals surface area contributed by atoms with E-state index in [4.69, 9.17) is 0 Å². The Bertz CT molecular complexity index is 301. The van der Waals surface area contributed by atoms with Crippen LogP contribution in [0.2, 0.25) is 0 Å². The highest BCUT2D eigenvalue weighted by molar-refractivity contribution is 5.07. The zero-order valence-electron chi connectivity index (χ0n) is 11.7. The number of nitrogens with zero attached hydrogens (tertiary/aromatic N) is 1. The van der Waals surface area contributed by atoms with Crippen LogP contribution in [0.4, 0.5) is 0 Å². The summed E-state index contributed by atoms with van der Waals surface area (Å²) in [4.78, 5) is 0. The van der Waals surface area contributed by atoms with E-state index >= 15 is 0 Å². The van der Waals surface area contributed by atoms with Gasteiger partial charge in [0.05, 0.1) is 17.6 Å². The molecule has 102 valence electrons. The molecule has 0 radical (unpaired) electrons. The minimum atomic E-state index is -0.438. The summed E-state index contributed by atoms with van der Waals surface area (Å²) < 4.78 is 0. The third kappa shape index (κ3) is 2.88. The van der Waals surface area contributed by atoms with Crippen molar-refractivity contribution >= 4 is 0 Å². The molecular formula is C16H27NO. The zero-order valence-corrected chi connectivity index (χ0v) is 11.7. The lowest BCUT2D eigenvalue weighted by molar-refractivity contribution is -0.0222. The maximum Gasteiger partial charge on any atom is 0.0837 e. The predicted octanol–water partition coefficient (Wildman–Crippen LogP) is 4.04.